The number of carbonyl (C=O) groups is 2. The third-order valence-corrected chi connectivity index (χ3v) is 4.71. The average Bonchev–Trinajstić information content (AvgIpc) is 2.65. The number of carboxylic acid groups (broad SMARTS) is 1. The lowest BCUT2D eigenvalue weighted by molar-refractivity contribution is -0.192. The smallest absolute Gasteiger partial charge is 0.475 e. The van der Waals surface area contributed by atoms with E-state index in [-0.39, 0.29) is 11.9 Å². The second-order valence-electron chi connectivity index (χ2n) is 6.10. The zero-order valence-corrected chi connectivity index (χ0v) is 17.8. The number of alkyl halides is 3. The van der Waals surface area contributed by atoms with E-state index in [1.807, 2.05) is 25.1 Å². The normalized spacial score (nSPS) is 12.9. The van der Waals surface area contributed by atoms with Crippen molar-refractivity contribution < 1.29 is 27.9 Å². The van der Waals surface area contributed by atoms with Crippen LogP contribution in [0.4, 0.5) is 13.2 Å². The minimum Gasteiger partial charge on any atom is -0.475 e. The van der Waals surface area contributed by atoms with Crippen molar-refractivity contribution in [3.8, 4) is 0 Å². The molecular weight excluding hydrogens is 468 g/mol. The van der Waals surface area contributed by atoms with Gasteiger partial charge >= 0.3 is 12.1 Å². The summed E-state index contributed by atoms with van der Waals surface area (Å²) in [6, 6.07) is 11.5. The van der Waals surface area contributed by atoms with Gasteiger partial charge in [-0.15, -0.1) is 0 Å². The number of aliphatic carboxylic acids is 1. The Morgan fingerprint density at radius 2 is 1.67 bits per heavy atom. The molecule has 0 radical (unpaired) electrons. The summed E-state index contributed by atoms with van der Waals surface area (Å²) < 4.78 is 31.7. The molecule has 2 aromatic rings. The van der Waals surface area contributed by atoms with Gasteiger partial charge in [-0.05, 0) is 48.7 Å². The Balaban J connectivity index is 0.000000553. The molecule has 2 atom stereocenters. The largest absolute Gasteiger partial charge is 0.490 e. The molecule has 0 saturated carbocycles. The van der Waals surface area contributed by atoms with E-state index < -0.39 is 18.2 Å². The van der Waals surface area contributed by atoms with Crippen LogP contribution in [-0.4, -0.2) is 29.2 Å². The van der Waals surface area contributed by atoms with Crippen LogP contribution in [0.5, 0.6) is 0 Å². The summed E-state index contributed by atoms with van der Waals surface area (Å²) in [6.07, 6.45) is -4.72. The van der Waals surface area contributed by atoms with Crippen molar-refractivity contribution in [2.24, 2.45) is 5.73 Å². The Hall–Kier alpha value is -2.00. The predicted molar refractivity (Wildman–Crippen MR) is 110 cm³/mol. The summed E-state index contributed by atoms with van der Waals surface area (Å²) >= 11 is 18.2. The molecule has 4 N–H and O–H groups in total. The van der Waals surface area contributed by atoms with Gasteiger partial charge < -0.3 is 16.2 Å². The van der Waals surface area contributed by atoms with Crippen LogP contribution in [0.15, 0.2) is 42.5 Å². The molecule has 0 aromatic heterocycles. The van der Waals surface area contributed by atoms with Crippen LogP contribution in [0.25, 0.3) is 0 Å². The van der Waals surface area contributed by atoms with Crippen LogP contribution < -0.4 is 11.1 Å². The highest BCUT2D eigenvalue weighted by Gasteiger charge is 2.38. The van der Waals surface area contributed by atoms with Gasteiger partial charge in [0.2, 0.25) is 5.91 Å². The first-order valence-corrected chi connectivity index (χ1v) is 9.50. The highest BCUT2D eigenvalue weighted by Crippen LogP contribution is 2.26. The van der Waals surface area contributed by atoms with Crippen molar-refractivity contribution in [2.75, 3.05) is 0 Å². The molecule has 1 amide bonds. The van der Waals surface area contributed by atoms with Gasteiger partial charge in [-0.2, -0.15) is 13.2 Å². The van der Waals surface area contributed by atoms with Crippen molar-refractivity contribution in [1.29, 1.82) is 0 Å². The van der Waals surface area contributed by atoms with Gasteiger partial charge in [-0.25, -0.2) is 4.79 Å². The van der Waals surface area contributed by atoms with Gasteiger partial charge in [0, 0.05) is 15.1 Å². The van der Waals surface area contributed by atoms with E-state index in [0.717, 1.165) is 11.1 Å². The van der Waals surface area contributed by atoms with E-state index in [9.17, 15) is 18.0 Å². The monoisotopic (exact) mass is 484 g/mol. The lowest BCUT2D eigenvalue weighted by Crippen LogP contribution is -2.43. The van der Waals surface area contributed by atoms with Gasteiger partial charge in [0.1, 0.15) is 0 Å². The number of hydrogen-bond donors (Lipinski definition) is 3. The third-order valence-electron chi connectivity index (χ3n) is 3.76. The summed E-state index contributed by atoms with van der Waals surface area (Å²) in [6.45, 7) is 1.83. The molecule has 164 valence electrons. The summed E-state index contributed by atoms with van der Waals surface area (Å²) in [4.78, 5) is 21.2. The number of nitrogens with one attached hydrogen (secondary N) is 1. The molecule has 2 rings (SSSR count). The molecule has 0 aliphatic heterocycles. The zero-order valence-electron chi connectivity index (χ0n) is 15.5. The van der Waals surface area contributed by atoms with E-state index >= 15 is 0 Å². The highest BCUT2D eigenvalue weighted by atomic mass is 35.5. The van der Waals surface area contributed by atoms with E-state index in [2.05, 4.69) is 5.32 Å². The molecule has 11 heteroatoms. The maximum Gasteiger partial charge on any atom is 0.490 e. The fourth-order valence-electron chi connectivity index (χ4n) is 2.24. The maximum atomic E-state index is 12.3. The number of carboxylic acids is 1. The van der Waals surface area contributed by atoms with Crippen molar-refractivity contribution in [3.63, 3.8) is 0 Å². The number of hydrogen-bond acceptors (Lipinski definition) is 3. The SMILES string of the molecule is C[C@H](NC(=O)C(N)Cc1ccccc1Cl)c1cc(Cl)ccc1Cl.O=C(O)C(F)(F)F. The first-order valence-electron chi connectivity index (χ1n) is 8.37. The van der Waals surface area contributed by atoms with E-state index in [4.69, 9.17) is 50.4 Å². The Kier molecular flexibility index (Phi) is 9.90. The zero-order chi connectivity index (χ0) is 23.1. The second kappa shape index (κ2) is 11.4. The van der Waals surface area contributed by atoms with E-state index in [1.54, 1.807) is 24.3 Å². The lowest BCUT2D eigenvalue weighted by Gasteiger charge is -2.19. The van der Waals surface area contributed by atoms with Crippen LogP contribution in [0.3, 0.4) is 0 Å². The van der Waals surface area contributed by atoms with Crippen molar-refractivity contribution in [2.45, 2.75) is 31.6 Å². The Morgan fingerprint density at radius 1 is 1.10 bits per heavy atom. The number of amides is 1. The molecule has 0 aliphatic rings. The Bertz CT molecular complexity index is 895. The molecule has 30 heavy (non-hydrogen) atoms. The Morgan fingerprint density at radius 3 is 2.20 bits per heavy atom. The quantitative estimate of drug-likeness (QED) is 0.554. The van der Waals surface area contributed by atoms with Crippen LogP contribution in [-0.2, 0) is 16.0 Å². The molecule has 0 fully saturated rings. The molecule has 0 aliphatic carbocycles. The van der Waals surface area contributed by atoms with Crippen LogP contribution in [0.2, 0.25) is 15.1 Å². The average molecular weight is 486 g/mol. The molecule has 2 aromatic carbocycles. The topological polar surface area (TPSA) is 92.4 Å². The third kappa shape index (κ3) is 8.39. The summed E-state index contributed by atoms with van der Waals surface area (Å²) in [5.41, 5.74) is 7.57. The van der Waals surface area contributed by atoms with Gasteiger partial charge in [-0.3, -0.25) is 4.79 Å². The molecule has 0 heterocycles. The Labute approximate surface area is 185 Å². The van der Waals surface area contributed by atoms with Gasteiger partial charge in [0.05, 0.1) is 12.1 Å². The summed E-state index contributed by atoms with van der Waals surface area (Å²) in [5.74, 6) is -3.03. The van der Waals surface area contributed by atoms with Gasteiger partial charge in [-0.1, -0.05) is 53.0 Å². The van der Waals surface area contributed by atoms with Crippen molar-refractivity contribution in [3.05, 3.63) is 68.7 Å². The van der Waals surface area contributed by atoms with Crippen LogP contribution in [0, 0.1) is 0 Å². The van der Waals surface area contributed by atoms with Gasteiger partial charge in [0.15, 0.2) is 0 Å². The molecule has 0 bridgehead atoms. The van der Waals surface area contributed by atoms with Gasteiger partial charge in [0.25, 0.3) is 0 Å². The predicted octanol–water partition coefficient (Wildman–Crippen LogP) is 5.03. The first-order chi connectivity index (χ1) is 13.8. The lowest BCUT2D eigenvalue weighted by atomic mass is 10.0. The second-order valence-corrected chi connectivity index (χ2v) is 7.35. The van der Waals surface area contributed by atoms with Crippen molar-refractivity contribution >= 4 is 46.7 Å². The van der Waals surface area contributed by atoms with Crippen molar-refractivity contribution in [1.82, 2.24) is 5.32 Å². The van der Waals surface area contributed by atoms with Crippen LogP contribution >= 0.6 is 34.8 Å². The molecular formula is C19H18Cl3F3N2O3. The molecule has 1 unspecified atom stereocenters. The number of nitrogens with two attached hydrogens (primary N) is 1. The molecule has 0 spiro atoms. The summed E-state index contributed by atoms with van der Waals surface area (Å²) in [5, 5.41) is 11.7. The minimum absolute atomic E-state index is 0.270. The maximum absolute atomic E-state index is 12.3. The fraction of sp³-hybridized carbons (Fsp3) is 0.263. The fourth-order valence-corrected chi connectivity index (χ4v) is 2.91. The van der Waals surface area contributed by atoms with E-state index in [1.165, 1.54) is 0 Å². The number of halogens is 6. The molecule has 5 nitrogen and oxygen atoms in total. The summed E-state index contributed by atoms with van der Waals surface area (Å²) in [7, 11) is 0. The minimum atomic E-state index is -5.08. The highest BCUT2D eigenvalue weighted by molar-refractivity contribution is 6.33. The number of carbonyl (C=O) groups excluding carboxylic acids is 1. The standard InChI is InChI=1S/C17H17Cl3N2O.C2HF3O2/c1-10(13-9-12(18)6-7-15(13)20)22-17(23)16(21)8-11-4-2-3-5-14(11)19;3-2(4,5)1(6)7/h2-7,9-10,16H,8,21H2,1H3,(H,22,23);(H,6,7)/t10-,16?;/m0./s1. The van der Waals surface area contributed by atoms with Crippen LogP contribution in [0.1, 0.15) is 24.1 Å². The molecule has 0 saturated heterocycles. The first kappa shape index (κ1) is 26.0. The number of benzene rings is 2. The van der Waals surface area contributed by atoms with E-state index in [0.29, 0.717) is 21.5 Å². The number of rotatable bonds is 5.